The van der Waals surface area contributed by atoms with E-state index in [0.717, 1.165) is 12.5 Å². The van der Waals surface area contributed by atoms with E-state index in [1.54, 1.807) is 0 Å². The van der Waals surface area contributed by atoms with Gasteiger partial charge in [-0.25, -0.2) is 0 Å². The molecule has 1 saturated carbocycles. The summed E-state index contributed by atoms with van der Waals surface area (Å²) >= 11 is 0. The van der Waals surface area contributed by atoms with E-state index in [1.165, 1.54) is 36.8 Å². The Bertz CT molecular complexity index is 385. The van der Waals surface area contributed by atoms with Crippen LogP contribution in [0.15, 0.2) is 24.3 Å². The predicted molar refractivity (Wildman–Crippen MR) is 82.2 cm³/mol. The lowest BCUT2D eigenvalue weighted by atomic mass is 9.85. The van der Waals surface area contributed by atoms with E-state index in [0.29, 0.717) is 6.04 Å². The summed E-state index contributed by atoms with van der Waals surface area (Å²) in [5.41, 5.74) is 8.90. The third-order valence-electron chi connectivity index (χ3n) is 4.62. The summed E-state index contributed by atoms with van der Waals surface area (Å²) in [7, 11) is 2.24. The Labute approximate surface area is 118 Å². The third-order valence-corrected chi connectivity index (χ3v) is 4.62. The summed E-state index contributed by atoms with van der Waals surface area (Å²) in [6.07, 6.45) is 5.47. The SMILES string of the molecule is Cc1ccc(C(N)CN(C)C2CCCCC2C)cc1. The highest BCUT2D eigenvalue weighted by Gasteiger charge is 2.25. The van der Waals surface area contributed by atoms with Gasteiger partial charge in [-0.3, -0.25) is 0 Å². The molecule has 1 fully saturated rings. The van der Waals surface area contributed by atoms with Gasteiger partial charge in [-0.1, -0.05) is 49.6 Å². The molecule has 1 aliphatic rings. The van der Waals surface area contributed by atoms with Gasteiger partial charge in [0.1, 0.15) is 0 Å². The van der Waals surface area contributed by atoms with Crippen molar-refractivity contribution in [1.82, 2.24) is 4.90 Å². The normalized spacial score (nSPS) is 25.5. The van der Waals surface area contributed by atoms with Gasteiger partial charge < -0.3 is 10.6 Å². The molecule has 0 aliphatic heterocycles. The Morgan fingerprint density at radius 3 is 2.47 bits per heavy atom. The molecule has 2 rings (SSSR count). The van der Waals surface area contributed by atoms with Crippen LogP contribution in [0.3, 0.4) is 0 Å². The maximum Gasteiger partial charge on any atom is 0.0424 e. The van der Waals surface area contributed by atoms with Crippen LogP contribution < -0.4 is 5.73 Å². The second-order valence-corrected chi connectivity index (χ2v) is 6.29. The number of likely N-dealkylation sites (N-methyl/N-ethyl adjacent to an activating group) is 1. The molecule has 3 atom stereocenters. The Morgan fingerprint density at radius 2 is 1.84 bits per heavy atom. The number of hydrogen-bond acceptors (Lipinski definition) is 2. The molecule has 0 saturated heterocycles. The summed E-state index contributed by atoms with van der Waals surface area (Å²) in [5, 5.41) is 0. The zero-order valence-electron chi connectivity index (χ0n) is 12.6. The topological polar surface area (TPSA) is 29.3 Å². The number of nitrogens with zero attached hydrogens (tertiary/aromatic N) is 1. The number of benzene rings is 1. The molecule has 0 bridgehead atoms. The van der Waals surface area contributed by atoms with Crippen molar-refractivity contribution in [3.8, 4) is 0 Å². The predicted octanol–water partition coefficient (Wildman–Crippen LogP) is 3.51. The van der Waals surface area contributed by atoms with Crippen LogP contribution in [0.2, 0.25) is 0 Å². The van der Waals surface area contributed by atoms with Gasteiger partial charge in [0.15, 0.2) is 0 Å². The van der Waals surface area contributed by atoms with Gasteiger partial charge >= 0.3 is 0 Å². The van der Waals surface area contributed by atoms with Crippen LogP contribution in [-0.2, 0) is 0 Å². The van der Waals surface area contributed by atoms with Crippen molar-refractivity contribution in [2.75, 3.05) is 13.6 Å². The number of hydrogen-bond donors (Lipinski definition) is 1. The molecule has 0 radical (unpaired) electrons. The monoisotopic (exact) mass is 260 g/mol. The summed E-state index contributed by atoms with van der Waals surface area (Å²) < 4.78 is 0. The second kappa shape index (κ2) is 6.53. The molecule has 2 nitrogen and oxygen atoms in total. The van der Waals surface area contributed by atoms with Crippen LogP contribution in [-0.4, -0.2) is 24.5 Å². The fourth-order valence-electron chi connectivity index (χ4n) is 3.32. The van der Waals surface area contributed by atoms with Crippen LogP contribution in [0.1, 0.15) is 49.8 Å². The molecule has 2 N–H and O–H groups in total. The van der Waals surface area contributed by atoms with Crippen molar-refractivity contribution < 1.29 is 0 Å². The fraction of sp³-hybridized carbons (Fsp3) is 0.647. The maximum absolute atomic E-state index is 6.36. The molecule has 19 heavy (non-hydrogen) atoms. The Kier molecular flexibility index (Phi) is 5.00. The number of aryl methyl sites for hydroxylation is 1. The van der Waals surface area contributed by atoms with Gasteiger partial charge in [-0.05, 0) is 38.3 Å². The summed E-state index contributed by atoms with van der Waals surface area (Å²) in [4.78, 5) is 2.48. The standard InChI is InChI=1S/C17H28N2/c1-13-8-10-15(11-9-13)16(18)12-19(3)17-7-5-4-6-14(17)2/h8-11,14,16-17H,4-7,12,18H2,1-3H3. The quantitative estimate of drug-likeness (QED) is 0.897. The number of nitrogens with two attached hydrogens (primary N) is 1. The van der Waals surface area contributed by atoms with Crippen molar-refractivity contribution in [2.45, 2.75) is 51.6 Å². The molecular weight excluding hydrogens is 232 g/mol. The van der Waals surface area contributed by atoms with Crippen molar-refractivity contribution in [2.24, 2.45) is 11.7 Å². The minimum Gasteiger partial charge on any atom is -0.323 e. The summed E-state index contributed by atoms with van der Waals surface area (Å²) in [6.45, 7) is 5.46. The van der Waals surface area contributed by atoms with Crippen LogP contribution in [0, 0.1) is 12.8 Å². The lowest BCUT2D eigenvalue weighted by Crippen LogP contribution is -2.42. The molecule has 2 heteroatoms. The van der Waals surface area contributed by atoms with E-state index in [4.69, 9.17) is 5.73 Å². The lowest BCUT2D eigenvalue weighted by Gasteiger charge is -2.37. The summed E-state index contributed by atoms with van der Waals surface area (Å²) in [5.74, 6) is 0.809. The van der Waals surface area contributed by atoms with E-state index >= 15 is 0 Å². The van der Waals surface area contributed by atoms with Crippen LogP contribution in [0.5, 0.6) is 0 Å². The smallest absolute Gasteiger partial charge is 0.0424 e. The third kappa shape index (κ3) is 3.80. The van der Waals surface area contributed by atoms with E-state index in [-0.39, 0.29) is 6.04 Å². The lowest BCUT2D eigenvalue weighted by molar-refractivity contribution is 0.133. The zero-order valence-corrected chi connectivity index (χ0v) is 12.6. The molecule has 1 aromatic rings. The van der Waals surface area contributed by atoms with Crippen LogP contribution in [0.4, 0.5) is 0 Å². The highest BCUT2D eigenvalue weighted by Crippen LogP contribution is 2.28. The molecule has 3 unspecified atom stereocenters. The molecule has 1 aliphatic carbocycles. The zero-order chi connectivity index (χ0) is 13.8. The fourth-order valence-corrected chi connectivity index (χ4v) is 3.32. The molecule has 1 aromatic carbocycles. The minimum atomic E-state index is 0.125. The van der Waals surface area contributed by atoms with Crippen molar-refractivity contribution >= 4 is 0 Å². The first-order valence-electron chi connectivity index (χ1n) is 7.60. The maximum atomic E-state index is 6.36. The van der Waals surface area contributed by atoms with E-state index in [2.05, 4.69) is 50.1 Å². The first-order chi connectivity index (χ1) is 9.08. The highest BCUT2D eigenvalue weighted by molar-refractivity contribution is 5.24. The van der Waals surface area contributed by atoms with Gasteiger partial charge in [0.25, 0.3) is 0 Å². The van der Waals surface area contributed by atoms with Gasteiger partial charge in [-0.2, -0.15) is 0 Å². The van der Waals surface area contributed by atoms with Gasteiger partial charge in [0, 0.05) is 18.6 Å². The van der Waals surface area contributed by atoms with E-state index < -0.39 is 0 Å². The average Bonchev–Trinajstić information content (AvgIpc) is 2.39. The molecule has 0 heterocycles. The second-order valence-electron chi connectivity index (χ2n) is 6.29. The minimum absolute atomic E-state index is 0.125. The molecule has 106 valence electrons. The Balaban J connectivity index is 1.94. The summed E-state index contributed by atoms with van der Waals surface area (Å²) in [6, 6.07) is 9.47. The Hall–Kier alpha value is -0.860. The molecule has 0 aromatic heterocycles. The van der Waals surface area contributed by atoms with Crippen molar-refractivity contribution in [3.63, 3.8) is 0 Å². The van der Waals surface area contributed by atoms with Crippen molar-refractivity contribution in [3.05, 3.63) is 35.4 Å². The van der Waals surface area contributed by atoms with Crippen molar-refractivity contribution in [1.29, 1.82) is 0 Å². The van der Waals surface area contributed by atoms with Crippen LogP contribution >= 0.6 is 0 Å². The average molecular weight is 260 g/mol. The molecule has 0 spiro atoms. The first-order valence-corrected chi connectivity index (χ1v) is 7.60. The van der Waals surface area contributed by atoms with Crippen LogP contribution in [0.25, 0.3) is 0 Å². The highest BCUT2D eigenvalue weighted by atomic mass is 15.1. The van der Waals surface area contributed by atoms with Gasteiger partial charge in [-0.15, -0.1) is 0 Å². The molecule has 0 amide bonds. The van der Waals surface area contributed by atoms with E-state index in [1.807, 2.05) is 0 Å². The first kappa shape index (κ1) is 14.5. The van der Waals surface area contributed by atoms with E-state index in [9.17, 15) is 0 Å². The largest absolute Gasteiger partial charge is 0.323 e. The van der Waals surface area contributed by atoms with Gasteiger partial charge in [0.2, 0.25) is 0 Å². The van der Waals surface area contributed by atoms with Gasteiger partial charge in [0.05, 0.1) is 0 Å². The number of rotatable bonds is 4. The molecular formula is C17H28N2. The Morgan fingerprint density at radius 1 is 1.21 bits per heavy atom.